The second kappa shape index (κ2) is 7.53. The van der Waals surface area contributed by atoms with E-state index >= 15 is 0 Å². The first-order valence-corrected chi connectivity index (χ1v) is 7.13. The van der Waals surface area contributed by atoms with Crippen LogP contribution in [0.1, 0.15) is 22.1 Å². The first kappa shape index (κ1) is 17.4. The molecule has 0 heterocycles. The Morgan fingerprint density at radius 3 is 2.25 bits per heavy atom. The van der Waals surface area contributed by atoms with E-state index in [9.17, 15) is 30.3 Å². The molecule has 1 amide bonds. The van der Waals surface area contributed by atoms with Crippen molar-refractivity contribution in [2.24, 2.45) is 0 Å². The highest BCUT2D eigenvalue weighted by Crippen LogP contribution is 2.31. The molecule has 8 nitrogen and oxygen atoms in total. The minimum atomic E-state index is -1.23. The summed E-state index contributed by atoms with van der Waals surface area (Å²) in [6, 6.07) is 8.24. The number of aliphatic hydroxyl groups is 1. The Bertz CT molecular complexity index is 735. The monoisotopic (exact) mass is 334 g/mol. The molecule has 0 radical (unpaired) electrons. The summed E-state index contributed by atoms with van der Waals surface area (Å²) in [6.07, 6.45) is -1.23. The molecule has 2 aromatic carbocycles. The van der Waals surface area contributed by atoms with Gasteiger partial charge >= 0.3 is 0 Å². The summed E-state index contributed by atoms with van der Waals surface area (Å²) >= 11 is 0. The average Bonchev–Trinajstić information content (AvgIpc) is 2.56. The molecule has 0 saturated carbocycles. The maximum Gasteiger partial charge on any atom is 0.255 e. The molecule has 0 fully saturated rings. The highest BCUT2D eigenvalue weighted by atomic mass is 16.3. The lowest BCUT2D eigenvalue weighted by atomic mass is 10.1. The summed E-state index contributed by atoms with van der Waals surface area (Å²) in [5, 5.41) is 53.1. The van der Waals surface area contributed by atoms with Crippen molar-refractivity contribution in [2.45, 2.75) is 6.23 Å². The summed E-state index contributed by atoms with van der Waals surface area (Å²) in [4.78, 5) is 11.9. The number of aliphatic hydroxyl groups excluding tert-OH is 1. The molecule has 7 N–H and O–H groups in total. The molecular formula is C16H18N2O6. The molecule has 1 unspecified atom stereocenters. The molecule has 2 rings (SSSR count). The zero-order chi connectivity index (χ0) is 17.7. The number of carbonyl (C=O) groups is 1. The van der Waals surface area contributed by atoms with Gasteiger partial charge in [0.15, 0.2) is 23.0 Å². The van der Waals surface area contributed by atoms with Crippen molar-refractivity contribution in [3.05, 3.63) is 47.5 Å². The molecule has 0 aliphatic carbocycles. The Morgan fingerprint density at radius 1 is 0.917 bits per heavy atom. The normalized spacial score (nSPS) is 11.9. The Hall–Kier alpha value is -2.97. The second-order valence-electron chi connectivity index (χ2n) is 5.00. The molecule has 24 heavy (non-hydrogen) atoms. The van der Waals surface area contributed by atoms with Crippen LogP contribution in [0.25, 0.3) is 0 Å². The van der Waals surface area contributed by atoms with Crippen LogP contribution in [0.15, 0.2) is 36.4 Å². The SMILES string of the molecule is O=C(NCCNC(O)c1cccc(O)c1O)c1cccc(O)c1O. The number of nitrogens with one attached hydrogen (secondary N) is 2. The third-order valence-corrected chi connectivity index (χ3v) is 3.35. The number of phenols is 4. The first-order chi connectivity index (χ1) is 11.4. The Labute approximate surface area is 137 Å². The number of aromatic hydroxyl groups is 4. The van der Waals surface area contributed by atoms with Crippen molar-refractivity contribution in [1.29, 1.82) is 0 Å². The second-order valence-corrected chi connectivity index (χ2v) is 5.00. The number of rotatable bonds is 6. The highest BCUT2D eigenvalue weighted by Gasteiger charge is 2.15. The van der Waals surface area contributed by atoms with Gasteiger partial charge in [-0.3, -0.25) is 10.1 Å². The van der Waals surface area contributed by atoms with Gasteiger partial charge in [0.05, 0.1) is 5.56 Å². The van der Waals surface area contributed by atoms with E-state index in [0.717, 1.165) is 0 Å². The minimum absolute atomic E-state index is 0.0684. The highest BCUT2D eigenvalue weighted by molar-refractivity contribution is 5.97. The minimum Gasteiger partial charge on any atom is -0.504 e. The van der Waals surface area contributed by atoms with Gasteiger partial charge in [-0.15, -0.1) is 0 Å². The van der Waals surface area contributed by atoms with Gasteiger partial charge in [-0.05, 0) is 18.2 Å². The molecule has 128 valence electrons. The van der Waals surface area contributed by atoms with E-state index in [4.69, 9.17) is 0 Å². The van der Waals surface area contributed by atoms with Gasteiger partial charge in [0.1, 0.15) is 6.23 Å². The fourth-order valence-electron chi connectivity index (χ4n) is 2.07. The van der Waals surface area contributed by atoms with Crippen LogP contribution in [0.2, 0.25) is 0 Å². The van der Waals surface area contributed by atoms with Crippen LogP contribution in [-0.2, 0) is 0 Å². The van der Waals surface area contributed by atoms with Crippen LogP contribution in [0.5, 0.6) is 23.0 Å². The lowest BCUT2D eigenvalue weighted by Crippen LogP contribution is -2.33. The quantitative estimate of drug-likeness (QED) is 0.232. The van der Waals surface area contributed by atoms with Gasteiger partial charge in [0, 0.05) is 18.7 Å². The van der Waals surface area contributed by atoms with Crippen LogP contribution in [0, 0.1) is 0 Å². The van der Waals surface area contributed by atoms with E-state index in [0.29, 0.717) is 0 Å². The van der Waals surface area contributed by atoms with Crippen LogP contribution < -0.4 is 10.6 Å². The number of hydrogen-bond acceptors (Lipinski definition) is 7. The lowest BCUT2D eigenvalue weighted by Gasteiger charge is -2.15. The molecule has 0 saturated heterocycles. The smallest absolute Gasteiger partial charge is 0.255 e. The zero-order valence-electron chi connectivity index (χ0n) is 12.6. The summed E-state index contributed by atoms with van der Waals surface area (Å²) in [6.45, 7) is 0.270. The third kappa shape index (κ3) is 3.86. The van der Waals surface area contributed by atoms with E-state index in [1.54, 1.807) is 0 Å². The molecule has 2 aromatic rings. The van der Waals surface area contributed by atoms with Gasteiger partial charge in [-0.1, -0.05) is 18.2 Å². The van der Waals surface area contributed by atoms with Gasteiger partial charge in [0.25, 0.3) is 5.91 Å². The van der Waals surface area contributed by atoms with Gasteiger partial charge in [-0.25, -0.2) is 0 Å². The van der Waals surface area contributed by atoms with E-state index in [-0.39, 0.29) is 30.0 Å². The number of hydrogen-bond donors (Lipinski definition) is 7. The molecule has 8 heteroatoms. The number of amides is 1. The Kier molecular flexibility index (Phi) is 5.46. The number of benzene rings is 2. The summed E-state index contributed by atoms with van der Waals surface area (Å²) in [7, 11) is 0. The summed E-state index contributed by atoms with van der Waals surface area (Å²) < 4.78 is 0. The van der Waals surface area contributed by atoms with E-state index < -0.39 is 29.4 Å². The fourth-order valence-corrected chi connectivity index (χ4v) is 2.07. The molecule has 0 aromatic heterocycles. The van der Waals surface area contributed by atoms with E-state index in [2.05, 4.69) is 10.6 Å². The Morgan fingerprint density at radius 2 is 1.54 bits per heavy atom. The van der Waals surface area contributed by atoms with Crippen molar-refractivity contribution < 1.29 is 30.3 Å². The van der Waals surface area contributed by atoms with Gasteiger partial charge < -0.3 is 30.8 Å². The predicted octanol–water partition coefficient (Wildman–Crippen LogP) is 0.519. The van der Waals surface area contributed by atoms with Crippen LogP contribution in [-0.4, -0.2) is 44.5 Å². The van der Waals surface area contributed by atoms with Gasteiger partial charge in [0.2, 0.25) is 0 Å². The molecule has 0 bridgehead atoms. The third-order valence-electron chi connectivity index (χ3n) is 3.35. The average molecular weight is 334 g/mol. The van der Waals surface area contributed by atoms with Crippen molar-refractivity contribution in [3.63, 3.8) is 0 Å². The summed E-state index contributed by atoms with van der Waals surface area (Å²) in [5.74, 6) is -2.25. The largest absolute Gasteiger partial charge is 0.504 e. The topological polar surface area (TPSA) is 142 Å². The number of phenolic OH excluding ortho intramolecular Hbond substituents is 4. The summed E-state index contributed by atoms with van der Waals surface area (Å²) in [5.41, 5.74) is 0.0353. The molecule has 0 spiro atoms. The van der Waals surface area contributed by atoms with Crippen LogP contribution in [0.4, 0.5) is 0 Å². The Balaban J connectivity index is 1.85. The number of para-hydroxylation sites is 2. The number of carbonyl (C=O) groups excluding carboxylic acids is 1. The standard InChI is InChI=1S/C16H18N2O6/c19-11-5-1-3-9(13(11)21)15(23)17-7-8-18-16(24)10-4-2-6-12(20)14(10)22/h1-6,15,17,19-23H,7-8H2,(H,18,24). The van der Waals surface area contributed by atoms with Crippen molar-refractivity contribution in [2.75, 3.05) is 13.1 Å². The predicted molar refractivity (Wildman–Crippen MR) is 84.8 cm³/mol. The van der Waals surface area contributed by atoms with Crippen molar-refractivity contribution in [1.82, 2.24) is 10.6 Å². The van der Waals surface area contributed by atoms with Crippen molar-refractivity contribution >= 4 is 5.91 Å². The lowest BCUT2D eigenvalue weighted by molar-refractivity contribution is 0.0942. The van der Waals surface area contributed by atoms with Gasteiger partial charge in [-0.2, -0.15) is 0 Å². The van der Waals surface area contributed by atoms with Crippen LogP contribution >= 0.6 is 0 Å². The first-order valence-electron chi connectivity index (χ1n) is 7.13. The van der Waals surface area contributed by atoms with Crippen molar-refractivity contribution in [3.8, 4) is 23.0 Å². The van der Waals surface area contributed by atoms with Crippen LogP contribution in [0.3, 0.4) is 0 Å². The molecule has 1 atom stereocenters. The fraction of sp³-hybridized carbons (Fsp3) is 0.188. The maximum absolute atomic E-state index is 11.9. The molecular weight excluding hydrogens is 316 g/mol. The maximum atomic E-state index is 11.9. The molecule has 0 aliphatic rings. The van der Waals surface area contributed by atoms with E-state index in [1.165, 1.54) is 36.4 Å². The zero-order valence-corrected chi connectivity index (χ0v) is 12.6. The van der Waals surface area contributed by atoms with E-state index in [1.807, 2.05) is 0 Å². The molecule has 0 aliphatic heterocycles.